The summed E-state index contributed by atoms with van der Waals surface area (Å²) in [6.45, 7) is 7.07. The Kier molecular flexibility index (Phi) is 2.64. The van der Waals surface area contributed by atoms with Crippen molar-refractivity contribution in [2.75, 3.05) is 0 Å². The highest BCUT2D eigenvalue weighted by Crippen LogP contribution is 2.40. The number of hydrogen-bond acceptors (Lipinski definition) is 1. The lowest BCUT2D eigenvalue weighted by Crippen LogP contribution is -2.46. The van der Waals surface area contributed by atoms with Crippen LogP contribution in [0, 0.1) is 5.92 Å². The Morgan fingerprint density at radius 3 is 2.15 bits per heavy atom. The Morgan fingerprint density at radius 2 is 1.77 bits per heavy atom. The summed E-state index contributed by atoms with van der Waals surface area (Å²) in [6.07, 6.45) is 7.30. The highest BCUT2D eigenvalue weighted by atomic mass is 15.2. The summed E-state index contributed by atoms with van der Waals surface area (Å²) in [5.74, 6) is 1.03. The van der Waals surface area contributed by atoms with Crippen LogP contribution >= 0.6 is 0 Å². The summed E-state index contributed by atoms with van der Waals surface area (Å²) in [4.78, 5) is 2.78. The number of rotatable bonds is 2. The Bertz CT molecular complexity index is 170. The molecule has 2 unspecified atom stereocenters. The quantitative estimate of drug-likeness (QED) is 0.636. The largest absolute Gasteiger partial charge is 0.295 e. The van der Waals surface area contributed by atoms with Crippen molar-refractivity contribution in [1.29, 1.82) is 0 Å². The molecule has 2 aliphatic rings. The van der Waals surface area contributed by atoms with Crippen molar-refractivity contribution in [3.05, 3.63) is 0 Å². The minimum Gasteiger partial charge on any atom is -0.295 e. The van der Waals surface area contributed by atoms with Gasteiger partial charge in [-0.25, -0.2) is 0 Å². The third kappa shape index (κ3) is 1.63. The molecule has 13 heavy (non-hydrogen) atoms. The highest BCUT2D eigenvalue weighted by molar-refractivity contribution is 4.95. The van der Waals surface area contributed by atoms with Gasteiger partial charge < -0.3 is 0 Å². The minimum absolute atomic E-state index is 0. The zero-order chi connectivity index (χ0) is 9.42. The van der Waals surface area contributed by atoms with Crippen LogP contribution in [0.3, 0.4) is 0 Å². The average molecular weight is 185 g/mol. The second-order valence-electron chi connectivity index (χ2n) is 5.17. The standard InChI is InChI=1S/C12H23N.2H2/c1-4-10-7-11-5-6-12(8-10)13(11)9(2)3;;/h9-12H,4-8H2,1-3H3;2*1H. The molecular weight excluding hydrogens is 158 g/mol. The first-order chi connectivity index (χ1) is 6.22. The van der Waals surface area contributed by atoms with Crippen molar-refractivity contribution in [3.8, 4) is 0 Å². The van der Waals surface area contributed by atoms with E-state index in [-0.39, 0.29) is 2.85 Å². The molecule has 2 bridgehead atoms. The SMILES string of the molecule is CCC1CC2CCC(C1)N2C(C)C.[HH].[HH]. The summed E-state index contributed by atoms with van der Waals surface area (Å²) in [5, 5.41) is 0. The van der Waals surface area contributed by atoms with Gasteiger partial charge in [0.1, 0.15) is 0 Å². The molecule has 1 heteroatoms. The smallest absolute Gasteiger partial charge is 0.0104 e. The maximum atomic E-state index is 2.78. The van der Waals surface area contributed by atoms with Crippen LogP contribution < -0.4 is 0 Å². The van der Waals surface area contributed by atoms with E-state index in [9.17, 15) is 0 Å². The lowest BCUT2D eigenvalue weighted by atomic mass is 9.88. The van der Waals surface area contributed by atoms with Crippen LogP contribution in [0.15, 0.2) is 0 Å². The second-order valence-corrected chi connectivity index (χ2v) is 5.17. The average Bonchev–Trinajstić information content (AvgIpc) is 2.37. The van der Waals surface area contributed by atoms with Gasteiger partial charge in [0.05, 0.1) is 0 Å². The Hall–Kier alpha value is -0.0400. The van der Waals surface area contributed by atoms with Crippen molar-refractivity contribution in [1.82, 2.24) is 4.90 Å². The van der Waals surface area contributed by atoms with E-state index in [0.29, 0.717) is 0 Å². The molecule has 2 atom stereocenters. The molecule has 0 aromatic carbocycles. The van der Waals surface area contributed by atoms with Gasteiger partial charge in [0, 0.05) is 21.0 Å². The van der Waals surface area contributed by atoms with E-state index in [0.717, 1.165) is 24.0 Å². The number of nitrogens with zero attached hydrogens (tertiary/aromatic N) is 1. The zero-order valence-electron chi connectivity index (χ0n) is 9.29. The monoisotopic (exact) mass is 185 g/mol. The minimum atomic E-state index is 0. The van der Waals surface area contributed by atoms with Crippen LogP contribution in [0.1, 0.15) is 55.7 Å². The van der Waals surface area contributed by atoms with Crippen molar-refractivity contribution in [3.63, 3.8) is 0 Å². The third-order valence-electron chi connectivity index (χ3n) is 4.06. The molecule has 2 heterocycles. The summed E-state index contributed by atoms with van der Waals surface area (Å²) >= 11 is 0. The van der Waals surface area contributed by atoms with Crippen molar-refractivity contribution in [2.24, 2.45) is 5.92 Å². The molecule has 0 saturated carbocycles. The number of piperidine rings is 1. The van der Waals surface area contributed by atoms with Crippen LogP contribution in [0.4, 0.5) is 0 Å². The predicted molar refractivity (Wildman–Crippen MR) is 61.0 cm³/mol. The van der Waals surface area contributed by atoms with Gasteiger partial charge >= 0.3 is 0 Å². The molecule has 0 spiro atoms. The van der Waals surface area contributed by atoms with Crippen molar-refractivity contribution in [2.45, 2.75) is 71.0 Å². The fraction of sp³-hybridized carbons (Fsp3) is 1.00. The van der Waals surface area contributed by atoms with E-state index >= 15 is 0 Å². The van der Waals surface area contributed by atoms with Crippen LogP contribution in [0.2, 0.25) is 0 Å². The molecule has 0 radical (unpaired) electrons. The van der Waals surface area contributed by atoms with E-state index < -0.39 is 0 Å². The second kappa shape index (κ2) is 3.61. The molecule has 0 aromatic rings. The molecule has 0 amide bonds. The van der Waals surface area contributed by atoms with Crippen LogP contribution in [-0.2, 0) is 0 Å². The summed E-state index contributed by atoms with van der Waals surface area (Å²) in [6, 6.07) is 2.64. The van der Waals surface area contributed by atoms with Crippen LogP contribution in [0.25, 0.3) is 0 Å². The Labute approximate surface area is 85.5 Å². The summed E-state index contributed by atoms with van der Waals surface area (Å²) in [5.41, 5.74) is 0. The van der Waals surface area contributed by atoms with Gasteiger partial charge in [-0.05, 0) is 45.4 Å². The summed E-state index contributed by atoms with van der Waals surface area (Å²) < 4.78 is 0. The number of hydrogen-bond donors (Lipinski definition) is 0. The van der Waals surface area contributed by atoms with Gasteiger partial charge in [-0.15, -0.1) is 0 Å². The molecule has 0 aromatic heterocycles. The molecule has 2 aliphatic heterocycles. The van der Waals surface area contributed by atoms with Gasteiger partial charge in [-0.2, -0.15) is 0 Å². The van der Waals surface area contributed by atoms with Gasteiger partial charge in [-0.1, -0.05) is 13.3 Å². The lowest BCUT2D eigenvalue weighted by Gasteiger charge is -2.41. The van der Waals surface area contributed by atoms with Gasteiger partial charge in [0.2, 0.25) is 0 Å². The molecule has 1 nitrogen and oxygen atoms in total. The molecule has 2 fully saturated rings. The maximum Gasteiger partial charge on any atom is 0.0104 e. The van der Waals surface area contributed by atoms with Crippen LogP contribution in [-0.4, -0.2) is 23.0 Å². The molecular formula is C12H27N. The van der Waals surface area contributed by atoms with Crippen molar-refractivity contribution < 1.29 is 2.85 Å². The van der Waals surface area contributed by atoms with Crippen LogP contribution in [0.5, 0.6) is 0 Å². The van der Waals surface area contributed by atoms with Crippen molar-refractivity contribution >= 4 is 0 Å². The zero-order valence-corrected chi connectivity index (χ0v) is 9.29. The molecule has 0 aliphatic carbocycles. The predicted octanol–water partition coefficient (Wildman–Crippen LogP) is 3.54. The highest BCUT2D eigenvalue weighted by Gasteiger charge is 2.40. The first kappa shape index (κ1) is 9.51. The number of fused-ring (bicyclic) bond motifs is 2. The fourth-order valence-electron chi connectivity index (χ4n) is 3.50. The molecule has 0 N–H and O–H groups in total. The topological polar surface area (TPSA) is 3.24 Å². The Morgan fingerprint density at radius 1 is 1.23 bits per heavy atom. The lowest BCUT2D eigenvalue weighted by molar-refractivity contribution is 0.0723. The third-order valence-corrected chi connectivity index (χ3v) is 4.06. The summed E-state index contributed by atoms with van der Waals surface area (Å²) in [7, 11) is 0. The van der Waals surface area contributed by atoms with E-state index in [1.54, 1.807) is 0 Å². The van der Waals surface area contributed by atoms with E-state index in [2.05, 4.69) is 25.7 Å². The molecule has 80 valence electrons. The van der Waals surface area contributed by atoms with E-state index in [1.807, 2.05) is 0 Å². The molecule has 2 saturated heterocycles. The molecule has 2 rings (SSSR count). The normalized spacial score (nSPS) is 40.2. The maximum absolute atomic E-state index is 2.78. The first-order valence-corrected chi connectivity index (χ1v) is 5.99. The van der Waals surface area contributed by atoms with E-state index in [1.165, 1.54) is 32.1 Å². The van der Waals surface area contributed by atoms with Gasteiger partial charge in [0.25, 0.3) is 0 Å². The van der Waals surface area contributed by atoms with Gasteiger partial charge in [0.15, 0.2) is 0 Å². The first-order valence-electron chi connectivity index (χ1n) is 5.99. The fourth-order valence-corrected chi connectivity index (χ4v) is 3.50. The van der Waals surface area contributed by atoms with E-state index in [4.69, 9.17) is 0 Å². The van der Waals surface area contributed by atoms with Gasteiger partial charge in [-0.3, -0.25) is 4.90 Å². The Balaban J connectivity index is 0.000000980.